The molecule has 0 saturated carbocycles. The molecule has 0 aliphatic carbocycles. The average Bonchev–Trinajstić information content (AvgIpc) is 3.17. The molecule has 1 atom stereocenters. The Morgan fingerprint density at radius 1 is 1.30 bits per heavy atom. The second-order valence-corrected chi connectivity index (χ2v) is 5.82. The van der Waals surface area contributed by atoms with Gasteiger partial charge < -0.3 is 10.2 Å². The molecule has 2 heterocycles. The van der Waals surface area contributed by atoms with E-state index in [1.54, 1.807) is 15.8 Å². The van der Waals surface area contributed by atoms with Crippen LogP contribution in [0.15, 0.2) is 42.7 Å². The molecule has 1 aromatic carbocycles. The minimum absolute atomic E-state index is 0.0705. The van der Waals surface area contributed by atoms with Crippen LogP contribution < -0.4 is 5.32 Å². The highest BCUT2D eigenvalue weighted by Gasteiger charge is 2.34. The SMILES string of the molecule is Cc1cnn(CC(=O)N2CCCC2C(=O)Nc2ccccc2)c1. The summed E-state index contributed by atoms with van der Waals surface area (Å²) >= 11 is 0. The Kier molecular flexibility index (Phi) is 4.41. The van der Waals surface area contributed by atoms with Crippen LogP contribution in [0.4, 0.5) is 5.69 Å². The van der Waals surface area contributed by atoms with E-state index in [0.29, 0.717) is 13.0 Å². The number of carbonyl (C=O) groups excluding carboxylic acids is 2. The molecule has 1 saturated heterocycles. The largest absolute Gasteiger partial charge is 0.329 e. The van der Waals surface area contributed by atoms with Gasteiger partial charge in [0.1, 0.15) is 12.6 Å². The van der Waals surface area contributed by atoms with Crippen molar-refractivity contribution in [2.24, 2.45) is 0 Å². The average molecular weight is 312 g/mol. The minimum atomic E-state index is -0.403. The lowest BCUT2D eigenvalue weighted by Crippen LogP contribution is -2.44. The molecule has 6 nitrogen and oxygen atoms in total. The van der Waals surface area contributed by atoms with Crippen LogP contribution >= 0.6 is 0 Å². The van der Waals surface area contributed by atoms with Crippen LogP contribution in [0, 0.1) is 6.92 Å². The molecule has 0 bridgehead atoms. The second kappa shape index (κ2) is 6.64. The summed E-state index contributed by atoms with van der Waals surface area (Å²) < 4.78 is 1.61. The van der Waals surface area contributed by atoms with Gasteiger partial charge in [0.25, 0.3) is 0 Å². The van der Waals surface area contributed by atoms with Crippen molar-refractivity contribution in [3.63, 3.8) is 0 Å². The van der Waals surface area contributed by atoms with E-state index in [-0.39, 0.29) is 18.4 Å². The third-order valence-corrected chi connectivity index (χ3v) is 3.98. The van der Waals surface area contributed by atoms with Gasteiger partial charge in [-0.25, -0.2) is 0 Å². The lowest BCUT2D eigenvalue weighted by molar-refractivity contribution is -0.137. The number of hydrogen-bond acceptors (Lipinski definition) is 3. The van der Waals surface area contributed by atoms with Gasteiger partial charge >= 0.3 is 0 Å². The number of rotatable bonds is 4. The van der Waals surface area contributed by atoms with E-state index in [2.05, 4.69) is 10.4 Å². The molecule has 120 valence electrons. The summed E-state index contributed by atoms with van der Waals surface area (Å²) in [4.78, 5) is 26.6. The first-order valence-electron chi connectivity index (χ1n) is 7.78. The fraction of sp³-hybridized carbons (Fsp3) is 0.353. The number of amides is 2. The van der Waals surface area contributed by atoms with E-state index in [9.17, 15) is 9.59 Å². The molecule has 1 aromatic heterocycles. The number of carbonyl (C=O) groups is 2. The molecule has 1 aliphatic heterocycles. The Morgan fingerprint density at radius 3 is 2.78 bits per heavy atom. The number of benzene rings is 1. The number of para-hydroxylation sites is 1. The highest BCUT2D eigenvalue weighted by Crippen LogP contribution is 2.20. The lowest BCUT2D eigenvalue weighted by Gasteiger charge is -2.24. The summed E-state index contributed by atoms with van der Waals surface area (Å²) in [5.41, 5.74) is 1.76. The van der Waals surface area contributed by atoms with Crippen molar-refractivity contribution in [2.75, 3.05) is 11.9 Å². The Balaban J connectivity index is 1.64. The van der Waals surface area contributed by atoms with Gasteiger partial charge in [0.2, 0.25) is 11.8 Å². The molecule has 6 heteroatoms. The van der Waals surface area contributed by atoms with E-state index >= 15 is 0 Å². The standard InChI is InChI=1S/C17H20N4O2/c1-13-10-18-20(11-13)12-16(22)21-9-5-8-15(21)17(23)19-14-6-3-2-4-7-14/h2-4,6-7,10-11,15H,5,8-9,12H2,1H3,(H,19,23). The molecule has 2 amide bonds. The molecule has 2 aromatic rings. The quantitative estimate of drug-likeness (QED) is 0.936. The maximum Gasteiger partial charge on any atom is 0.247 e. The number of hydrogen-bond donors (Lipinski definition) is 1. The van der Waals surface area contributed by atoms with Crippen LogP contribution in [-0.4, -0.2) is 39.1 Å². The molecule has 23 heavy (non-hydrogen) atoms. The predicted molar refractivity (Wildman–Crippen MR) is 86.8 cm³/mol. The third kappa shape index (κ3) is 3.59. The fourth-order valence-corrected chi connectivity index (χ4v) is 2.87. The Labute approximate surface area is 135 Å². The fourth-order valence-electron chi connectivity index (χ4n) is 2.87. The zero-order valence-electron chi connectivity index (χ0n) is 13.1. The van der Waals surface area contributed by atoms with Crippen LogP contribution in [0.1, 0.15) is 18.4 Å². The van der Waals surface area contributed by atoms with E-state index < -0.39 is 6.04 Å². The number of nitrogens with one attached hydrogen (secondary N) is 1. The molecule has 0 spiro atoms. The van der Waals surface area contributed by atoms with Gasteiger partial charge in [0, 0.05) is 18.4 Å². The number of nitrogens with zero attached hydrogens (tertiary/aromatic N) is 3. The zero-order chi connectivity index (χ0) is 16.2. The van der Waals surface area contributed by atoms with Crippen molar-refractivity contribution in [1.29, 1.82) is 0 Å². The van der Waals surface area contributed by atoms with Crippen molar-refractivity contribution >= 4 is 17.5 Å². The molecule has 1 fully saturated rings. The summed E-state index contributed by atoms with van der Waals surface area (Å²) in [5, 5.41) is 7.01. The summed E-state index contributed by atoms with van der Waals surface area (Å²) in [6, 6.07) is 8.91. The van der Waals surface area contributed by atoms with Gasteiger partial charge in [0.05, 0.1) is 6.20 Å². The van der Waals surface area contributed by atoms with Crippen LogP contribution in [0.2, 0.25) is 0 Å². The maximum atomic E-state index is 12.5. The monoisotopic (exact) mass is 312 g/mol. The van der Waals surface area contributed by atoms with E-state index in [4.69, 9.17) is 0 Å². The first-order valence-corrected chi connectivity index (χ1v) is 7.78. The second-order valence-electron chi connectivity index (χ2n) is 5.82. The van der Waals surface area contributed by atoms with Crippen molar-refractivity contribution in [3.05, 3.63) is 48.3 Å². The third-order valence-electron chi connectivity index (χ3n) is 3.98. The van der Waals surface area contributed by atoms with Gasteiger partial charge in [-0.15, -0.1) is 0 Å². The summed E-state index contributed by atoms with van der Waals surface area (Å²) in [7, 11) is 0. The van der Waals surface area contributed by atoms with Crippen molar-refractivity contribution in [2.45, 2.75) is 32.4 Å². The van der Waals surface area contributed by atoms with Crippen LogP contribution in [0.25, 0.3) is 0 Å². The highest BCUT2D eigenvalue weighted by molar-refractivity contribution is 5.97. The number of aromatic nitrogens is 2. The number of aryl methyl sites for hydroxylation is 1. The van der Waals surface area contributed by atoms with Crippen LogP contribution in [-0.2, 0) is 16.1 Å². The van der Waals surface area contributed by atoms with Gasteiger partial charge in [-0.05, 0) is 37.5 Å². The van der Waals surface area contributed by atoms with Gasteiger partial charge in [-0.2, -0.15) is 5.10 Å². The van der Waals surface area contributed by atoms with E-state index in [1.165, 1.54) is 0 Å². The Hall–Kier alpha value is -2.63. The van der Waals surface area contributed by atoms with Crippen molar-refractivity contribution < 1.29 is 9.59 Å². The van der Waals surface area contributed by atoms with Crippen molar-refractivity contribution in [1.82, 2.24) is 14.7 Å². The Bertz CT molecular complexity index is 696. The number of anilines is 1. The normalized spacial score (nSPS) is 17.3. The zero-order valence-corrected chi connectivity index (χ0v) is 13.1. The Morgan fingerprint density at radius 2 is 2.09 bits per heavy atom. The topological polar surface area (TPSA) is 67.2 Å². The summed E-state index contributed by atoms with van der Waals surface area (Å²) in [5.74, 6) is -0.197. The van der Waals surface area contributed by atoms with E-state index in [0.717, 1.165) is 17.7 Å². The highest BCUT2D eigenvalue weighted by atomic mass is 16.2. The maximum absolute atomic E-state index is 12.5. The predicted octanol–water partition coefficient (Wildman–Crippen LogP) is 1.82. The summed E-state index contributed by atoms with van der Waals surface area (Å²) in [6.07, 6.45) is 5.09. The molecule has 1 N–H and O–H groups in total. The first-order chi connectivity index (χ1) is 11.1. The van der Waals surface area contributed by atoms with Crippen LogP contribution in [0.3, 0.4) is 0 Å². The van der Waals surface area contributed by atoms with Crippen molar-refractivity contribution in [3.8, 4) is 0 Å². The molecule has 0 radical (unpaired) electrons. The van der Waals surface area contributed by atoms with Gasteiger partial charge in [-0.1, -0.05) is 18.2 Å². The molecular weight excluding hydrogens is 292 g/mol. The minimum Gasteiger partial charge on any atom is -0.329 e. The molecule has 1 aliphatic rings. The number of likely N-dealkylation sites (tertiary alicyclic amines) is 1. The molecular formula is C17H20N4O2. The molecule has 3 rings (SSSR count). The summed E-state index contributed by atoms with van der Waals surface area (Å²) in [6.45, 7) is 2.72. The van der Waals surface area contributed by atoms with E-state index in [1.807, 2.05) is 43.5 Å². The smallest absolute Gasteiger partial charge is 0.247 e. The molecule has 1 unspecified atom stereocenters. The van der Waals surface area contributed by atoms with Gasteiger partial charge in [0.15, 0.2) is 0 Å². The van der Waals surface area contributed by atoms with Gasteiger partial charge in [-0.3, -0.25) is 14.3 Å². The van der Waals surface area contributed by atoms with Crippen LogP contribution in [0.5, 0.6) is 0 Å². The first kappa shape index (κ1) is 15.3. The lowest BCUT2D eigenvalue weighted by atomic mass is 10.2.